The molecule has 0 aliphatic heterocycles. The maximum absolute atomic E-state index is 13.8. The van der Waals surface area contributed by atoms with Crippen molar-refractivity contribution in [2.75, 3.05) is 10.3 Å². The van der Waals surface area contributed by atoms with Gasteiger partial charge in [0.15, 0.2) is 0 Å². The van der Waals surface area contributed by atoms with Crippen molar-refractivity contribution in [1.29, 1.82) is 0 Å². The van der Waals surface area contributed by atoms with Gasteiger partial charge >= 0.3 is 12.7 Å². The van der Waals surface area contributed by atoms with E-state index in [0.717, 1.165) is 12.6 Å². The summed E-state index contributed by atoms with van der Waals surface area (Å²) in [5, 5.41) is 6.92. The Balaban J connectivity index is 1.80. The quantitative estimate of drug-likeness (QED) is 0.0650. The van der Waals surface area contributed by atoms with E-state index in [1.807, 2.05) is 13.8 Å². The van der Waals surface area contributed by atoms with Crippen molar-refractivity contribution in [2.45, 2.75) is 51.9 Å². The molecule has 0 fully saturated rings. The van der Waals surface area contributed by atoms with Crippen LogP contribution < -0.4 is 27.5 Å². The molecule has 0 aliphatic rings. The number of benzene rings is 1. The summed E-state index contributed by atoms with van der Waals surface area (Å²) in [6, 6.07) is 7.63. The van der Waals surface area contributed by atoms with Crippen molar-refractivity contribution < 1.29 is 26.7 Å². The standard InChI is InChI=1S/C30H31ClF5N9O2/c1-17(2)4-3-5-25(22-10-18(8-9-39-22)28-23(41-16-46)13-42-45(28)29(32)33)43-15-40-21(12-27(43)47)20-11-19(31)6-7-24(20)44(38)14-26(37)30(34,35)36/h6-17,25,29H,3-5,37-38H2,1-2H3,(H,41,46)/b26-14-. The fourth-order valence-electron chi connectivity index (χ4n) is 4.92. The molecule has 3 aromatic heterocycles. The van der Waals surface area contributed by atoms with E-state index in [-0.39, 0.29) is 38.9 Å². The molecule has 0 saturated carbocycles. The van der Waals surface area contributed by atoms with Crippen molar-refractivity contribution in [3.63, 3.8) is 0 Å². The molecule has 5 N–H and O–H groups in total. The Kier molecular flexibility index (Phi) is 11.0. The van der Waals surface area contributed by atoms with Crippen molar-refractivity contribution in [3.05, 3.63) is 88.1 Å². The molecule has 1 aromatic carbocycles. The van der Waals surface area contributed by atoms with Gasteiger partial charge in [0.2, 0.25) is 6.41 Å². The summed E-state index contributed by atoms with van der Waals surface area (Å²) in [5.74, 6) is 6.26. The predicted molar refractivity (Wildman–Crippen MR) is 167 cm³/mol. The lowest BCUT2D eigenvalue weighted by Crippen LogP contribution is -2.30. The van der Waals surface area contributed by atoms with Gasteiger partial charge in [-0.25, -0.2) is 15.5 Å². The van der Waals surface area contributed by atoms with E-state index < -0.39 is 30.0 Å². The van der Waals surface area contributed by atoms with Crippen LogP contribution in [0.4, 0.5) is 33.3 Å². The molecule has 17 heteroatoms. The monoisotopic (exact) mass is 679 g/mol. The smallest absolute Gasteiger partial charge is 0.393 e. The summed E-state index contributed by atoms with van der Waals surface area (Å²) in [6.07, 6.45) is 1.67. The lowest BCUT2D eigenvalue weighted by Gasteiger charge is -2.22. The summed E-state index contributed by atoms with van der Waals surface area (Å²) in [6.45, 7) is 1.08. The molecular formula is C30H31ClF5N9O2. The first-order chi connectivity index (χ1) is 22.2. The topological polar surface area (TPSA) is 150 Å². The summed E-state index contributed by atoms with van der Waals surface area (Å²) in [7, 11) is 0. The number of rotatable bonds is 13. The number of hydrogen-bond acceptors (Lipinski definition) is 8. The van der Waals surface area contributed by atoms with Gasteiger partial charge in [-0.3, -0.25) is 24.1 Å². The van der Waals surface area contributed by atoms with Gasteiger partial charge in [-0.2, -0.15) is 27.1 Å². The summed E-state index contributed by atoms with van der Waals surface area (Å²) >= 11 is 6.18. The third kappa shape index (κ3) is 8.31. The molecular weight excluding hydrogens is 649 g/mol. The Bertz CT molecular complexity index is 1810. The van der Waals surface area contributed by atoms with E-state index >= 15 is 0 Å². The second-order valence-corrected chi connectivity index (χ2v) is 11.3. The lowest BCUT2D eigenvalue weighted by molar-refractivity contribution is -0.105. The van der Waals surface area contributed by atoms with Gasteiger partial charge in [-0.1, -0.05) is 38.3 Å². The number of nitrogens with two attached hydrogens (primary N) is 2. The number of amides is 1. The highest BCUT2D eigenvalue weighted by molar-refractivity contribution is 6.31. The largest absolute Gasteiger partial charge is 0.432 e. The molecule has 0 aliphatic carbocycles. The van der Waals surface area contributed by atoms with Crippen LogP contribution in [-0.4, -0.2) is 36.9 Å². The number of pyridine rings is 1. The highest BCUT2D eigenvalue weighted by Crippen LogP contribution is 2.35. The summed E-state index contributed by atoms with van der Waals surface area (Å²) in [5.41, 5.74) is 4.00. The van der Waals surface area contributed by atoms with Gasteiger partial charge in [0, 0.05) is 34.6 Å². The number of allylic oxidation sites excluding steroid dienone is 1. The number of hydrogen-bond donors (Lipinski definition) is 3. The first-order valence-electron chi connectivity index (χ1n) is 14.2. The highest BCUT2D eigenvalue weighted by atomic mass is 35.5. The van der Waals surface area contributed by atoms with Crippen LogP contribution in [0.3, 0.4) is 0 Å². The zero-order chi connectivity index (χ0) is 34.5. The van der Waals surface area contributed by atoms with Gasteiger partial charge in [-0.15, -0.1) is 0 Å². The maximum Gasteiger partial charge on any atom is 0.432 e. The van der Waals surface area contributed by atoms with Gasteiger partial charge < -0.3 is 11.1 Å². The first kappa shape index (κ1) is 35.0. The van der Waals surface area contributed by atoms with Gasteiger partial charge in [-0.05, 0) is 42.7 Å². The highest BCUT2D eigenvalue weighted by Gasteiger charge is 2.32. The van der Waals surface area contributed by atoms with Crippen molar-refractivity contribution in [2.24, 2.45) is 17.5 Å². The Hall–Kier alpha value is -4.83. The number of anilines is 2. The maximum atomic E-state index is 13.8. The predicted octanol–water partition coefficient (Wildman–Crippen LogP) is 6.24. The normalized spacial score (nSPS) is 12.9. The zero-order valence-electron chi connectivity index (χ0n) is 25.1. The number of alkyl halides is 5. The second kappa shape index (κ2) is 14.7. The third-order valence-corrected chi connectivity index (χ3v) is 7.37. The molecule has 1 unspecified atom stereocenters. The van der Waals surface area contributed by atoms with Crippen LogP contribution in [0.15, 0.2) is 71.8 Å². The van der Waals surface area contributed by atoms with E-state index in [1.54, 1.807) is 0 Å². The van der Waals surface area contributed by atoms with E-state index in [1.165, 1.54) is 53.5 Å². The second-order valence-electron chi connectivity index (χ2n) is 10.9. The molecule has 3 heterocycles. The molecule has 0 radical (unpaired) electrons. The molecule has 1 amide bonds. The number of carbonyl (C=O) groups excluding carboxylic acids is 1. The molecule has 0 bridgehead atoms. The molecule has 250 valence electrons. The third-order valence-electron chi connectivity index (χ3n) is 7.14. The fraction of sp³-hybridized carbons (Fsp3) is 0.300. The molecule has 47 heavy (non-hydrogen) atoms. The van der Waals surface area contributed by atoms with Crippen LogP contribution in [0, 0.1) is 5.92 Å². The van der Waals surface area contributed by atoms with Crippen LogP contribution in [0.1, 0.15) is 51.4 Å². The zero-order valence-corrected chi connectivity index (χ0v) is 25.9. The number of carbonyl (C=O) groups is 1. The van der Waals surface area contributed by atoms with E-state index in [4.69, 9.17) is 23.2 Å². The number of hydrazine groups is 1. The van der Waals surface area contributed by atoms with Crippen molar-refractivity contribution in [1.82, 2.24) is 24.3 Å². The van der Waals surface area contributed by atoms with E-state index in [9.17, 15) is 31.5 Å². The van der Waals surface area contributed by atoms with Crippen LogP contribution in [0.2, 0.25) is 5.02 Å². The average Bonchev–Trinajstić information content (AvgIpc) is 3.43. The molecule has 0 saturated heterocycles. The first-order valence-corrected chi connectivity index (χ1v) is 14.6. The fourth-order valence-corrected chi connectivity index (χ4v) is 5.09. The van der Waals surface area contributed by atoms with E-state index in [0.29, 0.717) is 46.8 Å². The Morgan fingerprint density at radius 2 is 1.87 bits per heavy atom. The summed E-state index contributed by atoms with van der Waals surface area (Å²) in [4.78, 5) is 33.7. The van der Waals surface area contributed by atoms with Crippen molar-refractivity contribution >= 4 is 29.4 Å². The number of aromatic nitrogens is 5. The minimum Gasteiger partial charge on any atom is -0.393 e. The summed E-state index contributed by atoms with van der Waals surface area (Å²) < 4.78 is 68.6. The average molecular weight is 680 g/mol. The molecule has 4 rings (SSSR count). The molecule has 4 aromatic rings. The van der Waals surface area contributed by atoms with Crippen LogP contribution in [0.5, 0.6) is 0 Å². The Labute approximate surface area is 270 Å². The Morgan fingerprint density at radius 1 is 1.13 bits per heavy atom. The van der Waals surface area contributed by atoms with Crippen LogP contribution >= 0.6 is 11.6 Å². The number of halogens is 6. The minimum atomic E-state index is -4.83. The molecule has 11 nitrogen and oxygen atoms in total. The number of nitrogens with one attached hydrogen (secondary N) is 1. The van der Waals surface area contributed by atoms with Gasteiger partial charge in [0.1, 0.15) is 5.70 Å². The van der Waals surface area contributed by atoms with Gasteiger partial charge in [0.05, 0.1) is 47.0 Å². The van der Waals surface area contributed by atoms with Crippen LogP contribution in [-0.2, 0) is 4.79 Å². The van der Waals surface area contributed by atoms with E-state index in [2.05, 4.69) is 20.4 Å². The SMILES string of the molecule is CC(C)CCCC(c1cc(-c2c(NC=O)cnn2C(F)F)ccn1)n1cnc(-c2cc(Cl)ccc2N(N)/C=C(\N)C(F)(F)F)cc1=O. The molecule has 0 spiro atoms. The molecule has 1 atom stereocenters. The minimum absolute atomic E-state index is 0.0319. The van der Waals surface area contributed by atoms with Gasteiger partial charge in [0.25, 0.3) is 5.56 Å². The number of nitrogens with zero attached hydrogens (tertiary/aromatic N) is 6. The van der Waals surface area contributed by atoms with Crippen molar-refractivity contribution in [3.8, 4) is 22.5 Å². The Morgan fingerprint density at radius 3 is 2.51 bits per heavy atom. The van der Waals surface area contributed by atoms with Crippen LogP contribution in [0.25, 0.3) is 22.5 Å². The lowest BCUT2D eigenvalue weighted by atomic mass is 9.99.